The molecule has 0 aromatic heterocycles. The van der Waals surface area contributed by atoms with E-state index in [4.69, 9.17) is 0 Å². The molecule has 1 N–H and O–H groups in total. The van der Waals surface area contributed by atoms with Gasteiger partial charge in [-0.1, -0.05) is 50.6 Å². The third-order valence-electron chi connectivity index (χ3n) is 2.67. The van der Waals surface area contributed by atoms with Crippen molar-refractivity contribution in [2.75, 3.05) is 0 Å². The van der Waals surface area contributed by atoms with Crippen LogP contribution in [0, 0.1) is 0 Å². The summed E-state index contributed by atoms with van der Waals surface area (Å²) in [5.41, 5.74) is 3.31. The van der Waals surface area contributed by atoms with Gasteiger partial charge in [0.25, 0.3) is 0 Å². The highest BCUT2D eigenvalue weighted by molar-refractivity contribution is 5.34. The molecule has 16 heavy (non-hydrogen) atoms. The number of hydrogen-bond acceptors (Lipinski definition) is 1. The lowest BCUT2D eigenvalue weighted by Crippen LogP contribution is -2.16. The molecule has 0 saturated heterocycles. The van der Waals surface area contributed by atoms with Crippen LogP contribution in [-0.2, 0) is 5.41 Å². The molecule has 1 aromatic rings. The monoisotopic (exact) mass is 218 g/mol. The van der Waals surface area contributed by atoms with Crippen LogP contribution in [0.4, 0.5) is 0 Å². The number of rotatable bonds is 3. The molecular weight excluding hydrogens is 196 g/mol. The lowest BCUT2D eigenvalue weighted by atomic mass is 9.81. The van der Waals surface area contributed by atoms with E-state index in [9.17, 15) is 5.11 Å². The normalized spacial score (nSPS) is 13.6. The minimum Gasteiger partial charge on any atom is -0.388 e. The Morgan fingerprint density at radius 3 is 2.38 bits per heavy atom. The Kier molecular flexibility index (Phi) is 3.93. The minimum absolute atomic E-state index is 0.0622. The minimum atomic E-state index is -0.437. The lowest BCUT2D eigenvalue weighted by Gasteiger charge is -2.25. The largest absolute Gasteiger partial charge is 0.388 e. The van der Waals surface area contributed by atoms with E-state index >= 15 is 0 Å². The lowest BCUT2D eigenvalue weighted by molar-refractivity contribution is 0.176. The molecule has 1 rings (SSSR count). The highest BCUT2D eigenvalue weighted by Crippen LogP contribution is 2.31. The van der Waals surface area contributed by atoms with Gasteiger partial charge in [0.1, 0.15) is 0 Å². The molecule has 0 saturated carbocycles. The first-order valence-electron chi connectivity index (χ1n) is 5.74. The molecule has 88 valence electrons. The van der Waals surface area contributed by atoms with Gasteiger partial charge in [-0.3, -0.25) is 0 Å². The summed E-state index contributed by atoms with van der Waals surface area (Å²) >= 11 is 0. The van der Waals surface area contributed by atoms with Crippen molar-refractivity contribution in [2.45, 2.75) is 45.6 Å². The SMILES string of the molecule is C=C(C)CC(O)c1ccccc1C(C)(C)C. The molecule has 1 heteroatoms. The third-order valence-corrected chi connectivity index (χ3v) is 2.67. The van der Waals surface area contributed by atoms with Gasteiger partial charge in [-0.2, -0.15) is 0 Å². The standard InChI is InChI=1S/C15H22O/c1-11(2)10-14(16)12-8-6-7-9-13(12)15(3,4)5/h6-9,14,16H,1,10H2,2-5H3. The van der Waals surface area contributed by atoms with Gasteiger partial charge in [-0.25, -0.2) is 0 Å². The van der Waals surface area contributed by atoms with Crippen molar-refractivity contribution in [3.05, 3.63) is 47.5 Å². The third kappa shape index (κ3) is 3.21. The van der Waals surface area contributed by atoms with Crippen molar-refractivity contribution >= 4 is 0 Å². The molecule has 0 spiro atoms. The summed E-state index contributed by atoms with van der Waals surface area (Å²) in [5.74, 6) is 0. The number of hydrogen-bond donors (Lipinski definition) is 1. The van der Waals surface area contributed by atoms with Crippen molar-refractivity contribution < 1.29 is 5.11 Å². The van der Waals surface area contributed by atoms with E-state index < -0.39 is 6.10 Å². The van der Waals surface area contributed by atoms with Crippen LogP contribution in [0.5, 0.6) is 0 Å². The zero-order valence-corrected chi connectivity index (χ0v) is 10.7. The summed E-state index contributed by atoms with van der Waals surface area (Å²) in [6.45, 7) is 12.3. The fourth-order valence-electron chi connectivity index (χ4n) is 1.91. The van der Waals surface area contributed by atoms with Gasteiger partial charge < -0.3 is 5.11 Å². The molecule has 0 aliphatic carbocycles. The van der Waals surface area contributed by atoms with Gasteiger partial charge in [-0.05, 0) is 29.9 Å². The first kappa shape index (κ1) is 13.0. The van der Waals surface area contributed by atoms with E-state index in [0.717, 1.165) is 11.1 Å². The van der Waals surface area contributed by atoms with E-state index in [1.54, 1.807) is 0 Å². The quantitative estimate of drug-likeness (QED) is 0.761. The van der Waals surface area contributed by atoms with Crippen LogP contribution in [0.2, 0.25) is 0 Å². The van der Waals surface area contributed by atoms with Crippen LogP contribution in [0.25, 0.3) is 0 Å². The van der Waals surface area contributed by atoms with Crippen LogP contribution in [0.3, 0.4) is 0 Å². The Morgan fingerprint density at radius 1 is 1.31 bits per heavy atom. The molecule has 1 aromatic carbocycles. The molecule has 0 fully saturated rings. The average molecular weight is 218 g/mol. The van der Waals surface area contributed by atoms with E-state index in [2.05, 4.69) is 33.4 Å². The Balaban J connectivity index is 3.08. The zero-order chi connectivity index (χ0) is 12.3. The molecule has 0 heterocycles. The van der Waals surface area contributed by atoms with Crippen molar-refractivity contribution in [3.63, 3.8) is 0 Å². The van der Waals surface area contributed by atoms with Crippen LogP contribution in [0.15, 0.2) is 36.4 Å². The van der Waals surface area contributed by atoms with Crippen LogP contribution in [0.1, 0.15) is 51.3 Å². The summed E-state index contributed by atoms with van der Waals surface area (Å²) in [5, 5.41) is 10.2. The van der Waals surface area contributed by atoms with Crippen molar-refractivity contribution in [2.24, 2.45) is 0 Å². The first-order valence-corrected chi connectivity index (χ1v) is 5.74. The maximum absolute atomic E-state index is 10.2. The molecule has 1 atom stereocenters. The van der Waals surface area contributed by atoms with Crippen molar-refractivity contribution in [1.82, 2.24) is 0 Å². The van der Waals surface area contributed by atoms with E-state index in [-0.39, 0.29) is 5.41 Å². The summed E-state index contributed by atoms with van der Waals surface area (Å²) in [6.07, 6.45) is 0.195. The van der Waals surface area contributed by atoms with E-state index in [1.165, 1.54) is 5.56 Å². The van der Waals surface area contributed by atoms with Gasteiger partial charge in [0.2, 0.25) is 0 Å². The number of aliphatic hydroxyl groups is 1. The summed E-state index contributed by atoms with van der Waals surface area (Å²) in [7, 11) is 0. The predicted molar refractivity (Wildman–Crippen MR) is 69.5 cm³/mol. The second-order valence-electron chi connectivity index (χ2n) is 5.51. The van der Waals surface area contributed by atoms with Gasteiger partial charge in [0.05, 0.1) is 6.10 Å². The van der Waals surface area contributed by atoms with Gasteiger partial charge in [0, 0.05) is 0 Å². The Labute approximate surface area is 98.8 Å². The van der Waals surface area contributed by atoms with Crippen LogP contribution in [-0.4, -0.2) is 5.11 Å². The maximum Gasteiger partial charge on any atom is 0.0829 e. The van der Waals surface area contributed by atoms with Crippen LogP contribution < -0.4 is 0 Å². The maximum atomic E-state index is 10.2. The second-order valence-corrected chi connectivity index (χ2v) is 5.51. The average Bonchev–Trinajstić information content (AvgIpc) is 2.15. The van der Waals surface area contributed by atoms with Crippen LogP contribution >= 0.6 is 0 Å². The fraction of sp³-hybridized carbons (Fsp3) is 0.467. The number of benzene rings is 1. The zero-order valence-electron chi connectivity index (χ0n) is 10.7. The first-order chi connectivity index (χ1) is 7.32. The Morgan fingerprint density at radius 2 is 1.88 bits per heavy atom. The summed E-state index contributed by atoms with van der Waals surface area (Å²) in [4.78, 5) is 0. The molecule has 0 radical (unpaired) electrons. The number of aliphatic hydroxyl groups excluding tert-OH is 1. The molecule has 0 amide bonds. The smallest absolute Gasteiger partial charge is 0.0829 e. The van der Waals surface area contributed by atoms with Gasteiger partial charge in [0.15, 0.2) is 0 Å². The van der Waals surface area contributed by atoms with E-state index in [1.807, 2.05) is 25.1 Å². The van der Waals surface area contributed by atoms with Crippen molar-refractivity contribution in [1.29, 1.82) is 0 Å². The summed E-state index contributed by atoms with van der Waals surface area (Å²) < 4.78 is 0. The molecule has 0 aliphatic heterocycles. The van der Waals surface area contributed by atoms with Gasteiger partial charge >= 0.3 is 0 Å². The molecule has 0 bridgehead atoms. The molecule has 1 unspecified atom stereocenters. The summed E-state index contributed by atoms with van der Waals surface area (Å²) in [6, 6.07) is 8.11. The highest BCUT2D eigenvalue weighted by Gasteiger charge is 2.20. The molecular formula is C15H22O. The fourth-order valence-corrected chi connectivity index (χ4v) is 1.91. The molecule has 0 aliphatic rings. The van der Waals surface area contributed by atoms with Crippen molar-refractivity contribution in [3.8, 4) is 0 Å². The topological polar surface area (TPSA) is 20.2 Å². The Bertz CT molecular complexity index is 371. The predicted octanol–water partition coefficient (Wildman–Crippen LogP) is 3.98. The second kappa shape index (κ2) is 4.84. The Hall–Kier alpha value is -1.08. The van der Waals surface area contributed by atoms with Gasteiger partial charge in [-0.15, -0.1) is 6.58 Å². The highest BCUT2D eigenvalue weighted by atomic mass is 16.3. The van der Waals surface area contributed by atoms with E-state index in [0.29, 0.717) is 6.42 Å². The molecule has 1 nitrogen and oxygen atoms in total.